The standard InChI is InChI=1S/C18H25N3OS/c19-12-4-6-13(7-5-12)21-17(22)14-11-23-18-9-2-1-3-16(18)20-10-8-15(14)18/h1-3,10,12-15H,4-9,11,19H2,(H,21,22). The molecule has 0 radical (unpaired) electrons. The average molecular weight is 331 g/mol. The fourth-order valence-corrected chi connectivity index (χ4v) is 6.33. The second-order valence-electron chi connectivity index (χ2n) is 7.27. The molecule has 3 atom stereocenters. The van der Waals surface area contributed by atoms with E-state index in [9.17, 15) is 4.79 Å². The van der Waals surface area contributed by atoms with Crippen LogP contribution in [0, 0.1) is 11.8 Å². The zero-order chi connectivity index (χ0) is 15.9. The Morgan fingerprint density at radius 2 is 2.17 bits per heavy atom. The Labute approximate surface area is 142 Å². The highest BCUT2D eigenvalue weighted by atomic mass is 32.2. The topological polar surface area (TPSA) is 67.5 Å². The van der Waals surface area contributed by atoms with Gasteiger partial charge in [0, 0.05) is 24.1 Å². The summed E-state index contributed by atoms with van der Waals surface area (Å²) in [4.78, 5) is 17.5. The number of hydrogen-bond acceptors (Lipinski definition) is 4. The smallest absolute Gasteiger partial charge is 0.224 e. The first-order valence-electron chi connectivity index (χ1n) is 8.79. The predicted octanol–water partition coefficient (Wildman–Crippen LogP) is 2.41. The number of amides is 1. The van der Waals surface area contributed by atoms with Gasteiger partial charge in [0.1, 0.15) is 0 Å². The van der Waals surface area contributed by atoms with E-state index >= 15 is 0 Å². The summed E-state index contributed by atoms with van der Waals surface area (Å²) in [6.07, 6.45) is 14.5. The van der Waals surface area contributed by atoms with Crippen LogP contribution in [0.3, 0.4) is 0 Å². The monoisotopic (exact) mass is 331 g/mol. The molecule has 0 aromatic rings. The van der Waals surface area contributed by atoms with Crippen molar-refractivity contribution in [1.29, 1.82) is 0 Å². The van der Waals surface area contributed by atoms with Gasteiger partial charge in [-0.15, -0.1) is 11.8 Å². The average Bonchev–Trinajstić information content (AvgIpc) is 2.95. The van der Waals surface area contributed by atoms with Gasteiger partial charge in [0.25, 0.3) is 0 Å². The number of hydrogen-bond donors (Lipinski definition) is 2. The quantitative estimate of drug-likeness (QED) is 0.816. The van der Waals surface area contributed by atoms with Gasteiger partial charge in [-0.2, -0.15) is 0 Å². The Bertz CT molecular complexity index is 577. The number of carbonyl (C=O) groups is 1. The fraction of sp³-hybridized carbons (Fsp3) is 0.667. The van der Waals surface area contributed by atoms with Crippen LogP contribution < -0.4 is 11.1 Å². The summed E-state index contributed by atoms with van der Waals surface area (Å²) in [6, 6.07) is 0.645. The van der Waals surface area contributed by atoms with Gasteiger partial charge in [-0.1, -0.05) is 12.2 Å². The molecule has 2 aliphatic carbocycles. The van der Waals surface area contributed by atoms with Crippen LogP contribution in [-0.2, 0) is 4.79 Å². The van der Waals surface area contributed by atoms with E-state index in [-0.39, 0.29) is 16.6 Å². The molecule has 2 fully saturated rings. The van der Waals surface area contributed by atoms with E-state index in [2.05, 4.69) is 28.5 Å². The van der Waals surface area contributed by atoms with Gasteiger partial charge < -0.3 is 11.1 Å². The Morgan fingerprint density at radius 3 is 3.00 bits per heavy atom. The first kappa shape index (κ1) is 15.5. The number of nitrogens with zero attached hydrogens (tertiary/aromatic N) is 1. The summed E-state index contributed by atoms with van der Waals surface area (Å²) in [7, 11) is 0. The molecule has 2 aliphatic heterocycles. The van der Waals surface area contributed by atoms with Crippen LogP contribution in [0.15, 0.2) is 28.9 Å². The first-order valence-corrected chi connectivity index (χ1v) is 9.77. The van der Waals surface area contributed by atoms with Gasteiger partial charge in [0.15, 0.2) is 0 Å². The lowest BCUT2D eigenvalue weighted by atomic mass is 9.73. The molecule has 0 aromatic carbocycles. The first-order chi connectivity index (χ1) is 11.2. The summed E-state index contributed by atoms with van der Waals surface area (Å²) < 4.78 is 0.0421. The van der Waals surface area contributed by atoms with Crippen LogP contribution in [0.4, 0.5) is 0 Å². The van der Waals surface area contributed by atoms with Crippen molar-refractivity contribution in [3.63, 3.8) is 0 Å². The summed E-state index contributed by atoms with van der Waals surface area (Å²) in [5.74, 6) is 1.66. The lowest BCUT2D eigenvalue weighted by Crippen LogP contribution is -2.47. The molecule has 3 N–H and O–H groups in total. The molecule has 0 bridgehead atoms. The van der Waals surface area contributed by atoms with Crippen molar-refractivity contribution in [1.82, 2.24) is 5.32 Å². The highest BCUT2D eigenvalue weighted by molar-refractivity contribution is 8.01. The van der Waals surface area contributed by atoms with E-state index in [1.807, 2.05) is 18.0 Å². The molecule has 3 unspecified atom stereocenters. The van der Waals surface area contributed by atoms with E-state index in [1.165, 1.54) is 5.70 Å². The molecule has 4 nitrogen and oxygen atoms in total. The minimum absolute atomic E-state index is 0.0421. The number of nitrogens with one attached hydrogen (secondary N) is 1. The van der Waals surface area contributed by atoms with Crippen molar-refractivity contribution in [3.8, 4) is 0 Å². The number of aliphatic imine (C=N–C) groups is 1. The van der Waals surface area contributed by atoms with E-state index in [0.717, 1.165) is 44.3 Å². The van der Waals surface area contributed by atoms with Crippen molar-refractivity contribution in [2.24, 2.45) is 22.6 Å². The maximum atomic E-state index is 12.9. The van der Waals surface area contributed by atoms with Crippen LogP contribution in [-0.4, -0.2) is 34.7 Å². The highest BCUT2D eigenvalue weighted by Crippen LogP contribution is 2.57. The summed E-state index contributed by atoms with van der Waals surface area (Å²) in [6.45, 7) is 0. The lowest BCUT2D eigenvalue weighted by molar-refractivity contribution is -0.126. The van der Waals surface area contributed by atoms with Gasteiger partial charge in [0.05, 0.1) is 16.4 Å². The molecule has 4 aliphatic rings. The third kappa shape index (κ3) is 2.68. The minimum Gasteiger partial charge on any atom is -0.353 e. The van der Waals surface area contributed by atoms with Gasteiger partial charge in [-0.25, -0.2) is 0 Å². The maximum Gasteiger partial charge on any atom is 0.224 e. The van der Waals surface area contributed by atoms with Crippen molar-refractivity contribution in [2.75, 3.05) is 5.75 Å². The fourth-order valence-electron chi connectivity index (χ4n) is 4.51. The van der Waals surface area contributed by atoms with Gasteiger partial charge in [-0.3, -0.25) is 9.79 Å². The molecule has 0 aromatic heterocycles. The molecule has 1 saturated heterocycles. The SMILES string of the molecule is NC1CCC(NC(=O)C2CSC34CC=CC=C3N=CCC24)CC1. The largest absolute Gasteiger partial charge is 0.353 e. The third-order valence-corrected chi connectivity index (χ3v) is 7.61. The molecular formula is C18H25N3OS. The molecule has 23 heavy (non-hydrogen) atoms. The summed E-state index contributed by atoms with van der Waals surface area (Å²) >= 11 is 1.94. The third-order valence-electron chi connectivity index (χ3n) is 5.89. The van der Waals surface area contributed by atoms with E-state index in [0.29, 0.717) is 18.0 Å². The van der Waals surface area contributed by atoms with Crippen LogP contribution in [0.5, 0.6) is 0 Å². The van der Waals surface area contributed by atoms with Crippen LogP contribution >= 0.6 is 11.8 Å². The second kappa shape index (κ2) is 6.10. The minimum atomic E-state index is 0.0421. The normalized spacial score (nSPS) is 41.9. The second-order valence-corrected chi connectivity index (χ2v) is 8.62. The number of allylic oxidation sites excluding steroid dienone is 3. The number of carbonyl (C=O) groups excluding carboxylic acids is 1. The maximum absolute atomic E-state index is 12.9. The van der Waals surface area contributed by atoms with Crippen LogP contribution in [0.25, 0.3) is 0 Å². The number of rotatable bonds is 2. The molecule has 4 rings (SSSR count). The van der Waals surface area contributed by atoms with Gasteiger partial charge in [-0.05, 0) is 50.5 Å². The van der Waals surface area contributed by atoms with E-state index in [4.69, 9.17) is 5.73 Å². The van der Waals surface area contributed by atoms with Gasteiger partial charge >= 0.3 is 0 Å². The summed E-state index contributed by atoms with van der Waals surface area (Å²) in [5, 5.41) is 3.32. The van der Waals surface area contributed by atoms with Crippen molar-refractivity contribution in [2.45, 2.75) is 55.4 Å². The molecule has 1 spiro atoms. The van der Waals surface area contributed by atoms with Crippen LogP contribution in [0.1, 0.15) is 38.5 Å². The van der Waals surface area contributed by atoms with Crippen LogP contribution in [0.2, 0.25) is 0 Å². The summed E-state index contributed by atoms with van der Waals surface area (Å²) in [5.41, 5.74) is 7.13. The predicted molar refractivity (Wildman–Crippen MR) is 95.5 cm³/mol. The van der Waals surface area contributed by atoms with Crippen molar-refractivity contribution < 1.29 is 4.79 Å². The van der Waals surface area contributed by atoms with Crippen molar-refractivity contribution >= 4 is 23.9 Å². The molecule has 1 amide bonds. The Morgan fingerprint density at radius 1 is 1.35 bits per heavy atom. The Hall–Kier alpha value is -1.07. The Kier molecular flexibility index (Phi) is 4.10. The molecule has 5 heteroatoms. The van der Waals surface area contributed by atoms with E-state index in [1.54, 1.807) is 0 Å². The lowest BCUT2D eigenvalue weighted by Gasteiger charge is -2.39. The molecule has 2 heterocycles. The zero-order valence-electron chi connectivity index (χ0n) is 13.4. The van der Waals surface area contributed by atoms with E-state index < -0.39 is 0 Å². The molecule has 1 saturated carbocycles. The highest BCUT2D eigenvalue weighted by Gasteiger charge is 2.54. The number of thioether (sulfide) groups is 1. The molecule has 124 valence electrons. The van der Waals surface area contributed by atoms with Crippen molar-refractivity contribution in [3.05, 3.63) is 23.9 Å². The van der Waals surface area contributed by atoms with Gasteiger partial charge in [0.2, 0.25) is 5.91 Å². The Balaban J connectivity index is 1.46. The number of nitrogens with two attached hydrogens (primary N) is 1. The molecular weight excluding hydrogens is 306 g/mol. The zero-order valence-corrected chi connectivity index (χ0v) is 14.2.